The van der Waals surface area contributed by atoms with Gasteiger partial charge in [0.2, 0.25) is 5.91 Å². The third kappa shape index (κ3) is 8.34. The smallest absolute Gasteiger partial charge is 0.220 e. The van der Waals surface area contributed by atoms with Gasteiger partial charge < -0.3 is 25.2 Å². The maximum Gasteiger partial charge on any atom is 0.220 e. The van der Waals surface area contributed by atoms with E-state index >= 15 is 0 Å². The first-order valence-corrected chi connectivity index (χ1v) is 13.4. The van der Waals surface area contributed by atoms with Crippen LogP contribution in [-0.2, 0) is 24.2 Å². The average Bonchev–Trinajstić information content (AvgIpc) is 2.94. The molecule has 0 saturated carbocycles. The zero-order valence-electron chi connectivity index (χ0n) is 22.4. The Bertz CT molecular complexity index is 1310. The molecule has 0 aliphatic carbocycles. The van der Waals surface area contributed by atoms with Crippen LogP contribution >= 0.6 is 0 Å². The number of ketones is 1. The predicted molar refractivity (Wildman–Crippen MR) is 147 cm³/mol. The van der Waals surface area contributed by atoms with Gasteiger partial charge >= 0.3 is 0 Å². The minimum atomic E-state index is -1.06. The first kappa shape index (κ1) is 29.2. The van der Waals surface area contributed by atoms with Crippen LogP contribution in [0.3, 0.4) is 0 Å². The highest BCUT2D eigenvalue weighted by atomic mass is 19.1. The number of hydrogen-bond donors (Lipinski definition) is 3. The minimum absolute atomic E-state index is 0.00466. The summed E-state index contributed by atoms with van der Waals surface area (Å²) in [5.41, 5.74) is 2.95. The molecule has 0 fully saturated rings. The summed E-state index contributed by atoms with van der Waals surface area (Å²) >= 11 is 0. The number of carbonyl (C=O) groups excluding carboxylic acids is 2. The Balaban J connectivity index is 1.36. The molecule has 9 heteroatoms. The molecule has 212 valence electrons. The summed E-state index contributed by atoms with van der Waals surface area (Å²) in [4.78, 5) is 25.6. The standard InChI is InChI=1S/C31H34F2N2O5/c1-2-20-4-3-5-21(12-20)18-34-19-28(37)26(15-22-13-24(32)17-25(33)14-22)35-31(38)9-7-27(36)23-6-8-29-30(16-23)40-11-10-39-29/h3-6,8,12-14,16-17,26,28,34,37H,2,7,9-11,15,18-19H2,1H3,(H,35,38). The van der Waals surface area contributed by atoms with Crippen molar-refractivity contribution in [2.24, 2.45) is 0 Å². The highest BCUT2D eigenvalue weighted by Gasteiger charge is 2.23. The number of ether oxygens (including phenoxy) is 2. The molecule has 2 atom stereocenters. The zero-order chi connectivity index (χ0) is 28.5. The Morgan fingerprint density at radius 2 is 1.62 bits per heavy atom. The van der Waals surface area contributed by atoms with E-state index in [1.807, 2.05) is 18.2 Å². The number of aryl methyl sites for hydroxylation is 1. The lowest BCUT2D eigenvalue weighted by atomic mass is 9.99. The number of Topliss-reactive ketones (excluding diaryl/α,β-unsaturated/α-hetero) is 1. The summed E-state index contributed by atoms with van der Waals surface area (Å²) in [6, 6.07) is 15.2. The van der Waals surface area contributed by atoms with Crippen molar-refractivity contribution < 1.29 is 33.0 Å². The third-order valence-electron chi connectivity index (χ3n) is 6.71. The number of rotatable bonds is 13. The van der Waals surface area contributed by atoms with Gasteiger partial charge in [-0.2, -0.15) is 0 Å². The number of benzene rings is 3. The van der Waals surface area contributed by atoms with Crippen LogP contribution < -0.4 is 20.1 Å². The lowest BCUT2D eigenvalue weighted by Crippen LogP contribution is -2.48. The van der Waals surface area contributed by atoms with Crippen LogP contribution in [0.15, 0.2) is 60.7 Å². The Morgan fingerprint density at radius 1 is 0.900 bits per heavy atom. The average molecular weight is 553 g/mol. The van der Waals surface area contributed by atoms with Crippen LogP contribution in [0.4, 0.5) is 8.78 Å². The second-order valence-electron chi connectivity index (χ2n) is 9.81. The molecule has 1 aliphatic heterocycles. The number of carbonyl (C=O) groups is 2. The molecule has 1 aliphatic rings. The van der Waals surface area contributed by atoms with Gasteiger partial charge in [0, 0.05) is 37.6 Å². The molecule has 0 aromatic heterocycles. The predicted octanol–water partition coefficient (Wildman–Crippen LogP) is 4.14. The van der Waals surface area contributed by atoms with Crippen LogP contribution in [0, 0.1) is 11.6 Å². The van der Waals surface area contributed by atoms with Crippen LogP contribution in [0.1, 0.15) is 46.8 Å². The van der Waals surface area contributed by atoms with Gasteiger partial charge in [0.15, 0.2) is 17.3 Å². The SMILES string of the molecule is CCc1cccc(CNCC(O)C(Cc2cc(F)cc(F)c2)NC(=O)CCC(=O)c2ccc3c(c2)OCCO3)c1. The van der Waals surface area contributed by atoms with Crippen molar-refractivity contribution in [3.05, 3.63) is 94.6 Å². The quantitative estimate of drug-likeness (QED) is 0.276. The lowest BCUT2D eigenvalue weighted by molar-refractivity contribution is -0.122. The fraction of sp³-hybridized carbons (Fsp3) is 0.355. The second kappa shape index (κ2) is 14.0. The van der Waals surface area contributed by atoms with Crippen molar-refractivity contribution in [3.8, 4) is 11.5 Å². The van der Waals surface area contributed by atoms with Gasteiger partial charge in [-0.25, -0.2) is 8.78 Å². The van der Waals surface area contributed by atoms with Gasteiger partial charge in [-0.1, -0.05) is 31.2 Å². The third-order valence-corrected chi connectivity index (χ3v) is 6.71. The van der Waals surface area contributed by atoms with Crippen LogP contribution in [0.5, 0.6) is 11.5 Å². The summed E-state index contributed by atoms with van der Waals surface area (Å²) in [6.45, 7) is 3.55. The highest BCUT2D eigenvalue weighted by Crippen LogP contribution is 2.31. The first-order valence-electron chi connectivity index (χ1n) is 13.4. The van der Waals surface area contributed by atoms with Crippen LogP contribution in [-0.4, -0.2) is 48.7 Å². The Hall–Kier alpha value is -3.82. The van der Waals surface area contributed by atoms with Gasteiger partial charge in [-0.3, -0.25) is 9.59 Å². The molecule has 3 aromatic carbocycles. The molecule has 7 nitrogen and oxygen atoms in total. The normalized spacial score (nSPS) is 13.9. The van der Waals surface area contributed by atoms with Crippen molar-refractivity contribution in [3.63, 3.8) is 0 Å². The van der Waals surface area contributed by atoms with E-state index in [-0.39, 0.29) is 31.6 Å². The first-order chi connectivity index (χ1) is 19.3. The molecule has 4 rings (SSSR count). The fourth-order valence-corrected chi connectivity index (χ4v) is 4.60. The summed E-state index contributed by atoms with van der Waals surface area (Å²) < 4.78 is 38.6. The topological polar surface area (TPSA) is 96.9 Å². The molecule has 1 amide bonds. The van der Waals surface area contributed by atoms with Crippen molar-refractivity contribution in [1.82, 2.24) is 10.6 Å². The van der Waals surface area contributed by atoms with E-state index in [2.05, 4.69) is 23.6 Å². The number of amides is 1. The molecular weight excluding hydrogens is 518 g/mol. The Morgan fingerprint density at radius 3 is 2.38 bits per heavy atom. The Kier molecular flexibility index (Phi) is 10.2. The highest BCUT2D eigenvalue weighted by molar-refractivity contribution is 5.98. The van der Waals surface area contributed by atoms with E-state index in [0.29, 0.717) is 42.4 Å². The summed E-state index contributed by atoms with van der Waals surface area (Å²) in [5.74, 6) is -1.13. The largest absolute Gasteiger partial charge is 0.486 e. The molecule has 0 radical (unpaired) electrons. The number of hydrogen-bond acceptors (Lipinski definition) is 6. The van der Waals surface area contributed by atoms with E-state index in [1.165, 1.54) is 17.7 Å². The summed E-state index contributed by atoms with van der Waals surface area (Å²) in [5, 5.41) is 16.9. The molecule has 2 unspecified atom stereocenters. The van der Waals surface area contributed by atoms with Crippen LogP contribution in [0.2, 0.25) is 0 Å². The maximum absolute atomic E-state index is 13.8. The summed E-state index contributed by atoms with van der Waals surface area (Å²) in [7, 11) is 0. The van der Waals surface area contributed by atoms with Gasteiger partial charge in [-0.15, -0.1) is 0 Å². The lowest BCUT2D eigenvalue weighted by Gasteiger charge is -2.25. The molecule has 0 spiro atoms. The number of aliphatic hydroxyl groups is 1. The molecule has 3 N–H and O–H groups in total. The number of nitrogens with one attached hydrogen (secondary N) is 2. The van der Waals surface area contributed by atoms with Crippen molar-refractivity contribution in [1.29, 1.82) is 0 Å². The van der Waals surface area contributed by atoms with Gasteiger partial charge in [0.05, 0.1) is 12.1 Å². The Labute approximate surface area is 232 Å². The van der Waals surface area contributed by atoms with Gasteiger partial charge in [0.25, 0.3) is 0 Å². The summed E-state index contributed by atoms with van der Waals surface area (Å²) in [6.07, 6.45) is -0.324. The molecule has 3 aromatic rings. The van der Waals surface area contributed by atoms with Crippen molar-refractivity contribution in [2.75, 3.05) is 19.8 Å². The maximum atomic E-state index is 13.8. The monoisotopic (exact) mass is 552 g/mol. The molecular formula is C31H34F2N2O5. The zero-order valence-corrected chi connectivity index (χ0v) is 22.4. The van der Waals surface area contributed by atoms with E-state index in [4.69, 9.17) is 9.47 Å². The molecule has 0 saturated heterocycles. The van der Waals surface area contributed by atoms with Crippen molar-refractivity contribution in [2.45, 2.75) is 51.3 Å². The van der Waals surface area contributed by atoms with E-state index in [9.17, 15) is 23.5 Å². The van der Waals surface area contributed by atoms with Gasteiger partial charge in [-0.05, 0) is 59.9 Å². The van der Waals surface area contributed by atoms with E-state index in [1.54, 1.807) is 18.2 Å². The molecule has 1 heterocycles. The molecule has 0 bridgehead atoms. The number of fused-ring (bicyclic) bond motifs is 1. The number of aliphatic hydroxyl groups excluding tert-OH is 1. The minimum Gasteiger partial charge on any atom is -0.486 e. The number of halogens is 2. The fourth-order valence-electron chi connectivity index (χ4n) is 4.60. The van der Waals surface area contributed by atoms with Gasteiger partial charge in [0.1, 0.15) is 24.8 Å². The van der Waals surface area contributed by atoms with Crippen molar-refractivity contribution >= 4 is 11.7 Å². The second-order valence-corrected chi connectivity index (χ2v) is 9.81. The van der Waals surface area contributed by atoms with E-state index in [0.717, 1.165) is 18.1 Å². The molecule has 40 heavy (non-hydrogen) atoms. The van der Waals surface area contributed by atoms with E-state index < -0.39 is 29.7 Å². The van der Waals surface area contributed by atoms with Crippen LogP contribution in [0.25, 0.3) is 0 Å².